The number of anilines is 1. The van der Waals surface area contributed by atoms with Gasteiger partial charge in [0, 0.05) is 25.8 Å². The van der Waals surface area contributed by atoms with Gasteiger partial charge in [0.25, 0.3) is 0 Å². The number of hydrogen-bond donors (Lipinski definition) is 1. The molecule has 19 heavy (non-hydrogen) atoms. The van der Waals surface area contributed by atoms with Crippen molar-refractivity contribution in [1.29, 1.82) is 0 Å². The Hall–Kier alpha value is -1.30. The Bertz CT molecular complexity index is 393. The highest BCUT2D eigenvalue weighted by molar-refractivity contribution is 5.40. The summed E-state index contributed by atoms with van der Waals surface area (Å²) in [4.78, 5) is 5.64. The second kappa shape index (κ2) is 6.75. The van der Waals surface area contributed by atoms with Crippen LogP contribution in [-0.2, 0) is 0 Å². The van der Waals surface area contributed by atoms with E-state index in [2.05, 4.69) is 10.3 Å². The number of rotatable bonds is 6. The monoisotopic (exact) mass is 275 g/mol. The summed E-state index contributed by atoms with van der Waals surface area (Å²) in [6.07, 6.45) is -3.34. The summed E-state index contributed by atoms with van der Waals surface area (Å²) in [5, 5.41) is 3.26. The average molecular weight is 275 g/mol. The van der Waals surface area contributed by atoms with Gasteiger partial charge in [0.15, 0.2) is 0 Å². The lowest BCUT2D eigenvalue weighted by Gasteiger charge is -2.21. The average Bonchev–Trinajstić information content (AvgIpc) is 2.35. The van der Waals surface area contributed by atoms with Crippen LogP contribution in [0.1, 0.15) is 31.9 Å². The molecule has 1 N–H and O–H groups in total. The van der Waals surface area contributed by atoms with Crippen molar-refractivity contribution in [2.75, 3.05) is 25.0 Å². The molecule has 1 heterocycles. The van der Waals surface area contributed by atoms with E-state index in [1.165, 1.54) is 4.90 Å². The Labute approximate surface area is 111 Å². The largest absolute Gasteiger partial charge is 0.390 e. The molecule has 0 fully saturated rings. The molecule has 1 aromatic rings. The van der Waals surface area contributed by atoms with Crippen LogP contribution in [0.15, 0.2) is 18.3 Å². The normalized spacial score (nSPS) is 13.4. The fourth-order valence-electron chi connectivity index (χ4n) is 1.75. The van der Waals surface area contributed by atoms with E-state index in [0.29, 0.717) is 5.82 Å². The molecule has 0 spiro atoms. The fraction of sp³-hybridized carbons (Fsp3) is 0.615. The number of hydrogen-bond acceptors (Lipinski definition) is 3. The Morgan fingerprint density at radius 1 is 1.42 bits per heavy atom. The molecular weight excluding hydrogens is 255 g/mol. The van der Waals surface area contributed by atoms with Gasteiger partial charge in [-0.05, 0) is 31.2 Å². The summed E-state index contributed by atoms with van der Waals surface area (Å²) in [7, 11) is 1.62. The number of nitrogens with zero attached hydrogens (tertiary/aromatic N) is 2. The third-order valence-corrected chi connectivity index (χ3v) is 2.90. The summed E-state index contributed by atoms with van der Waals surface area (Å²) in [6.45, 7) is 4.77. The zero-order chi connectivity index (χ0) is 14.5. The summed E-state index contributed by atoms with van der Waals surface area (Å²) in [6, 6.07) is 3.85. The van der Waals surface area contributed by atoms with Crippen LogP contribution in [0, 0.1) is 0 Å². The third-order valence-electron chi connectivity index (χ3n) is 2.90. The minimum atomic E-state index is -4.14. The maximum Gasteiger partial charge on any atom is 0.390 e. The topological polar surface area (TPSA) is 28.2 Å². The van der Waals surface area contributed by atoms with Crippen molar-refractivity contribution in [3.8, 4) is 0 Å². The molecule has 0 aliphatic carbocycles. The van der Waals surface area contributed by atoms with Crippen LogP contribution in [0.4, 0.5) is 19.0 Å². The Morgan fingerprint density at radius 2 is 2.11 bits per heavy atom. The van der Waals surface area contributed by atoms with E-state index in [1.54, 1.807) is 13.2 Å². The van der Waals surface area contributed by atoms with E-state index in [-0.39, 0.29) is 12.6 Å². The van der Waals surface area contributed by atoms with Crippen LogP contribution < -0.4 is 10.2 Å². The molecule has 1 atom stereocenters. The molecule has 1 unspecified atom stereocenters. The maximum absolute atomic E-state index is 12.2. The van der Waals surface area contributed by atoms with Crippen molar-refractivity contribution in [2.24, 2.45) is 0 Å². The standard InChI is InChI=1S/C13H20F3N3/c1-4-17-10(2)11-5-7-18-12(9-11)19(3)8-6-13(14,15)16/h5,7,9-10,17H,4,6,8H2,1-3H3. The minimum Gasteiger partial charge on any atom is -0.359 e. The predicted octanol–water partition coefficient (Wildman–Crippen LogP) is 3.14. The molecule has 0 aromatic carbocycles. The van der Waals surface area contributed by atoms with E-state index in [0.717, 1.165) is 12.1 Å². The SMILES string of the molecule is CCNC(C)c1ccnc(N(C)CCC(F)(F)F)c1. The van der Waals surface area contributed by atoms with E-state index in [9.17, 15) is 13.2 Å². The van der Waals surface area contributed by atoms with Gasteiger partial charge in [-0.1, -0.05) is 6.92 Å². The lowest BCUT2D eigenvalue weighted by atomic mass is 10.1. The molecule has 108 valence electrons. The summed E-state index contributed by atoms with van der Waals surface area (Å²) in [5.41, 5.74) is 1.02. The second-order valence-electron chi connectivity index (χ2n) is 4.51. The number of pyridine rings is 1. The van der Waals surface area contributed by atoms with Gasteiger partial charge in [-0.2, -0.15) is 13.2 Å². The van der Waals surface area contributed by atoms with Crippen molar-refractivity contribution < 1.29 is 13.2 Å². The molecule has 1 aromatic heterocycles. The van der Waals surface area contributed by atoms with Gasteiger partial charge in [0.2, 0.25) is 0 Å². The summed E-state index contributed by atoms with van der Waals surface area (Å²) < 4.78 is 36.5. The van der Waals surface area contributed by atoms with Crippen molar-refractivity contribution >= 4 is 5.82 Å². The quantitative estimate of drug-likeness (QED) is 0.864. The minimum absolute atomic E-state index is 0.0878. The van der Waals surface area contributed by atoms with E-state index < -0.39 is 12.6 Å². The molecule has 3 nitrogen and oxygen atoms in total. The number of aromatic nitrogens is 1. The second-order valence-corrected chi connectivity index (χ2v) is 4.51. The zero-order valence-electron chi connectivity index (χ0n) is 11.5. The third kappa shape index (κ3) is 5.46. The summed E-state index contributed by atoms with van der Waals surface area (Å²) in [5.74, 6) is 0.562. The molecular formula is C13H20F3N3. The van der Waals surface area contributed by atoms with Gasteiger partial charge in [0.1, 0.15) is 5.82 Å². The Morgan fingerprint density at radius 3 is 2.68 bits per heavy atom. The highest BCUT2D eigenvalue weighted by Gasteiger charge is 2.27. The molecule has 0 aliphatic heterocycles. The Kier molecular flexibility index (Phi) is 5.60. The van der Waals surface area contributed by atoms with E-state index in [1.807, 2.05) is 26.0 Å². The van der Waals surface area contributed by atoms with E-state index >= 15 is 0 Å². The van der Waals surface area contributed by atoms with Crippen molar-refractivity contribution in [2.45, 2.75) is 32.5 Å². The molecule has 0 radical (unpaired) electrons. The van der Waals surface area contributed by atoms with Gasteiger partial charge in [0.05, 0.1) is 6.42 Å². The highest BCUT2D eigenvalue weighted by Crippen LogP contribution is 2.22. The van der Waals surface area contributed by atoms with Crippen LogP contribution in [0.3, 0.4) is 0 Å². The molecule has 0 amide bonds. The Balaban J connectivity index is 2.70. The fourth-order valence-corrected chi connectivity index (χ4v) is 1.75. The van der Waals surface area contributed by atoms with Gasteiger partial charge < -0.3 is 10.2 Å². The van der Waals surface area contributed by atoms with Crippen molar-refractivity contribution in [3.63, 3.8) is 0 Å². The van der Waals surface area contributed by atoms with Gasteiger partial charge >= 0.3 is 6.18 Å². The van der Waals surface area contributed by atoms with Crippen LogP contribution in [0.2, 0.25) is 0 Å². The number of nitrogens with one attached hydrogen (secondary N) is 1. The first-order valence-corrected chi connectivity index (χ1v) is 6.30. The first kappa shape index (κ1) is 15.8. The van der Waals surface area contributed by atoms with Crippen LogP contribution >= 0.6 is 0 Å². The lowest BCUT2D eigenvalue weighted by Crippen LogP contribution is -2.25. The lowest BCUT2D eigenvalue weighted by molar-refractivity contribution is -0.132. The molecule has 6 heteroatoms. The molecule has 0 aliphatic rings. The predicted molar refractivity (Wildman–Crippen MR) is 70.3 cm³/mol. The van der Waals surface area contributed by atoms with Gasteiger partial charge in [-0.25, -0.2) is 4.98 Å². The molecule has 0 saturated heterocycles. The van der Waals surface area contributed by atoms with E-state index in [4.69, 9.17) is 0 Å². The van der Waals surface area contributed by atoms with Crippen molar-refractivity contribution in [3.05, 3.63) is 23.9 Å². The van der Waals surface area contributed by atoms with Crippen molar-refractivity contribution in [1.82, 2.24) is 10.3 Å². The van der Waals surface area contributed by atoms with Crippen LogP contribution in [0.25, 0.3) is 0 Å². The van der Waals surface area contributed by atoms with Gasteiger partial charge in [-0.15, -0.1) is 0 Å². The molecule has 1 rings (SSSR count). The molecule has 0 bridgehead atoms. The zero-order valence-corrected chi connectivity index (χ0v) is 11.5. The first-order chi connectivity index (χ1) is 8.83. The van der Waals surface area contributed by atoms with Gasteiger partial charge in [-0.3, -0.25) is 0 Å². The smallest absolute Gasteiger partial charge is 0.359 e. The number of alkyl halides is 3. The maximum atomic E-state index is 12.2. The summed E-state index contributed by atoms with van der Waals surface area (Å²) >= 11 is 0. The number of halogens is 3. The molecule has 0 saturated carbocycles. The highest BCUT2D eigenvalue weighted by atomic mass is 19.4. The van der Waals surface area contributed by atoms with Crippen LogP contribution in [-0.4, -0.2) is 31.3 Å². The van der Waals surface area contributed by atoms with Crippen LogP contribution in [0.5, 0.6) is 0 Å². The first-order valence-electron chi connectivity index (χ1n) is 6.30.